The van der Waals surface area contributed by atoms with E-state index in [0.717, 1.165) is 23.2 Å². The minimum absolute atomic E-state index is 0.710. The van der Waals surface area contributed by atoms with Gasteiger partial charge in [-0.15, -0.1) is 5.10 Å². The number of thioether (sulfide) groups is 1. The maximum Gasteiger partial charge on any atom is 0.214 e. The fourth-order valence-electron chi connectivity index (χ4n) is 1.45. The quantitative estimate of drug-likeness (QED) is 0.591. The van der Waals surface area contributed by atoms with Gasteiger partial charge in [-0.2, -0.15) is 4.68 Å². The number of nitrogens with zero attached hydrogens (tertiary/aromatic N) is 4. The lowest BCUT2D eigenvalue weighted by Crippen LogP contribution is -2.01. The molecule has 1 heterocycles. The first-order valence-corrected chi connectivity index (χ1v) is 6.86. The summed E-state index contributed by atoms with van der Waals surface area (Å²) in [7, 11) is 0. The molecule has 0 saturated heterocycles. The van der Waals surface area contributed by atoms with E-state index in [1.165, 1.54) is 5.56 Å². The Morgan fingerprint density at radius 3 is 2.78 bits per heavy atom. The zero-order valence-electron chi connectivity index (χ0n) is 10.5. The first-order valence-electron chi connectivity index (χ1n) is 5.87. The average Bonchev–Trinajstić information content (AvgIpc) is 2.84. The zero-order chi connectivity index (χ0) is 12.8. The molecule has 6 heteroatoms. The molecule has 0 radical (unpaired) electrons. The summed E-state index contributed by atoms with van der Waals surface area (Å²) in [5.41, 5.74) is 2.20. The van der Waals surface area contributed by atoms with E-state index in [1.807, 2.05) is 31.2 Å². The van der Waals surface area contributed by atoms with Gasteiger partial charge in [0.1, 0.15) is 0 Å². The van der Waals surface area contributed by atoms with Gasteiger partial charge in [-0.3, -0.25) is 0 Å². The molecule has 18 heavy (non-hydrogen) atoms. The molecule has 0 spiro atoms. The van der Waals surface area contributed by atoms with Crippen molar-refractivity contribution in [3.8, 4) is 5.69 Å². The van der Waals surface area contributed by atoms with Crippen LogP contribution in [0.3, 0.4) is 0 Å². The molecule has 0 fully saturated rings. The number of aryl methyl sites for hydroxylation is 1. The molecule has 1 aromatic carbocycles. The minimum atomic E-state index is 0.710. The van der Waals surface area contributed by atoms with Crippen molar-refractivity contribution in [1.29, 1.82) is 0 Å². The van der Waals surface area contributed by atoms with Crippen molar-refractivity contribution in [2.24, 2.45) is 0 Å². The largest absolute Gasteiger partial charge is 0.381 e. The fraction of sp³-hybridized carbons (Fsp3) is 0.417. The van der Waals surface area contributed by atoms with Gasteiger partial charge in [0, 0.05) is 12.4 Å². The van der Waals surface area contributed by atoms with Crippen LogP contribution in [0, 0.1) is 6.92 Å². The van der Waals surface area contributed by atoms with Gasteiger partial charge >= 0.3 is 0 Å². The molecule has 2 aromatic rings. The summed E-state index contributed by atoms with van der Waals surface area (Å²) in [6, 6.07) is 8.12. The maximum atomic E-state index is 5.29. The number of aromatic nitrogens is 4. The lowest BCUT2D eigenvalue weighted by Gasteiger charge is -2.04. The molecule has 2 rings (SSSR count). The van der Waals surface area contributed by atoms with Gasteiger partial charge in [0.2, 0.25) is 5.16 Å². The molecule has 0 aliphatic rings. The van der Waals surface area contributed by atoms with Gasteiger partial charge in [0.15, 0.2) is 0 Å². The van der Waals surface area contributed by atoms with Gasteiger partial charge in [-0.1, -0.05) is 29.5 Å². The normalized spacial score (nSPS) is 10.8. The number of benzene rings is 1. The molecule has 0 unspecified atom stereocenters. The van der Waals surface area contributed by atoms with Crippen LogP contribution >= 0.6 is 11.8 Å². The Kier molecular flexibility index (Phi) is 4.72. The van der Waals surface area contributed by atoms with E-state index in [-0.39, 0.29) is 0 Å². The number of hydrogen-bond acceptors (Lipinski definition) is 5. The van der Waals surface area contributed by atoms with Gasteiger partial charge in [-0.05, 0) is 36.4 Å². The van der Waals surface area contributed by atoms with Gasteiger partial charge < -0.3 is 4.74 Å². The number of hydrogen-bond donors (Lipinski definition) is 0. The van der Waals surface area contributed by atoms with E-state index < -0.39 is 0 Å². The standard InChI is InChI=1S/C12H16N4OS/c1-3-17-8-9-18-12-13-14-15-16(12)11-6-4-10(2)5-7-11/h4-7H,3,8-9H2,1-2H3. The molecule has 5 nitrogen and oxygen atoms in total. The minimum Gasteiger partial charge on any atom is -0.381 e. The van der Waals surface area contributed by atoms with Crippen LogP contribution in [0.2, 0.25) is 0 Å². The Hall–Kier alpha value is -1.40. The van der Waals surface area contributed by atoms with Crippen LogP contribution in [0.25, 0.3) is 5.69 Å². The molecule has 0 N–H and O–H groups in total. The Bertz CT molecular complexity index is 483. The van der Waals surface area contributed by atoms with E-state index in [4.69, 9.17) is 4.74 Å². The summed E-state index contributed by atoms with van der Waals surface area (Å²) in [6.45, 7) is 5.49. The summed E-state index contributed by atoms with van der Waals surface area (Å²) in [5.74, 6) is 0.847. The van der Waals surface area contributed by atoms with Crippen LogP contribution in [0.15, 0.2) is 29.4 Å². The van der Waals surface area contributed by atoms with Crippen molar-refractivity contribution in [2.75, 3.05) is 19.0 Å². The summed E-state index contributed by atoms with van der Waals surface area (Å²) in [6.07, 6.45) is 0. The monoisotopic (exact) mass is 264 g/mol. The first-order chi connectivity index (χ1) is 8.81. The van der Waals surface area contributed by atoms with Crippen molar-refractivity contribution in [2.45, 2.75) is 19.0 Å². The SMILES string of the molecule is CCOCCSc1nnnn1-c1ccc(C)cc1. The highest BCUT2D eigenvalue weighted by Gasteiger charge is 2.08. The van der Waals surface area contributed by atoms with Crippen LogP contribution in [0.1, 0.15) is 12.5 Å². The highest BCUT2D eigenvalue weighted by molar-refractivity contribution is 7.99. The smallest absolute Gasteiger partial charge is 0.214 e. The Balaban J connectivity index is 2.05. The van der Waals surface area contributed by atoms with Crippen molar-refractivity contribution >= 4 is 11.8 Å². The molecule has 0 aliphatic carbocycles. The van der Waals surface area contributed by atoms with Gasteiger partial charge in [-0.25, -0.2) is 0 Å². The maximum absolute atomic E-state index is 5.29. The molecule has 0 atom stereocenters. The van der Waals surface area contributed by atoms with Crippen molar-refractivity contribution in [3.05, 3.63) is 29.8 Å². The van der Waals surface area contributed by atoms with Crippen LogP contribution < -0.4 is 0 Å². The van der Waals surface area contributed by atoms with Crippen LogP contribution in [-0.2, 0) is 4.74 Å². The van der Waals surface area contributed by atoms with E-state index in [1.54, 1.807) is 16.4 Å². The molecule has 0 bridgehead atoms. The fourth-order valence-corrected chi connectivity index (χ4v) is 2.20. The molecule has 1 aromatic heterocycles. The molecule has 96 valence electrons. The number of ether oxygens (including phenoxy) is 1. The lowest BCUT2D eigenvalue weighted by atomic mass is 10.2. The van der Waals surface area contributed by atoms with Crippen molar-refractivity contribution < 1.29 is 4.74 Å². The third-order valence-electron chi connectivity index (χ3n) is 2.38. The molecule has 0 aliphatic heterocycles. The second kappa shape index (κ2) is 6.51. The van der Waals surface area contributed by atoms with E-state index in [9.17, 15) is 0 Å². The molecular formula is C12H16N4OS. The molecule has 0 saturated carbocycles. The zero-order valence-corrected chi connectivity index (χ0v) is 11.4. The number of tetrazole rings is 1. The summed E-state index contributed by atoms with van der Waals surface area (Å²) in [4.78, 5) is 0. The predicted molar refractivity (Wildman–Crippen MR) is 71.1 cm³/mol. The topological polar surface area (TPSA) is 52.8 Å². The van der Waals surface area contributed by atoms with Gasteiger partial charge in [0.05, 0.1) is 12.3 Å². The second-order valence-corrected chi connectivity index (χ2v) is 4.82. The third kappa shape index (κ3) is 3.30. The van der Waals surface area contributed by atoms with Crippen molar-refractivity contribution in [1.82, 2.24) is 20.2 Å². The Morgan fingerprint density at radius 2 is 2.06 bits per heavy atom. The van der Waals surface area contributed by atoms with Crippen molar-refractivity contribution in [3.63, 3.8) is 0 Å². The Morgan fingerprint density at radius 1 is 1.28 bits per heavy atom. The van der Waals surface area contributed by atoms with Crippen LogP contribution in [0.5, 0.6) is 0 Å². The van der Waals surface area contributed by atoms with E-state index >= 15 is 0 Å². The molecule has 0 amide bonds. The Labute approximate surface area is 111 Å². The van der Waals surface area contributed by atoms with Crippen LogP contribution in [0.4, 0.5) is 0 Å². The highest BCUT2D eigenvalue weighted by Crippen LogP contribution is 2.18. The summed E-state index contributed by atoms with van der Waals surface area (Å²) in [5, 5.41) is 12.5. The average molecular weight is 264 g/mol. The summed E-state index contributed by atoms with van der Waals surface area (Å²) < 4.78 is 7.04. The van der Waals surface area contributed by atoms with Crippen LogP contribution in [-0.4, -0.2) is 39.2 Å². The van der Waals surface area contributed by atoms with E-state index in [0.29, 0.717) is 6.61 Å². The second-order valence-electron chi connectivity index (χ2n) is 3.75. The highest BCUT2D eigenvalue weighted by atomic mass is 32.2. The lowest BCUT2D eigenvalue weighted by molar-refractivity contribution is 0.164. The summed E-state index contributed by atoms with van der Waals surface area (Å²) >= 11 is 1.59. The predicted octanol–water partition coefficient (Wildman–Crippen LogP) is 2.10. The van der Waals surface area contributed by atoms with Gasteiger partial charge in [0.25, 0.3) is 0 Å². The third-order valence-corrected chi connectivity index (χ3v) is 3.27. The van der Waals surface area contributed by atoms with E-state index in [2.05, 4.69) is 22.4 Å². The molecular weight excluding hydrogens is 248 g/mol. The first kappa shape index (κ1) is 13.0. The number of rotatable bonds is 6.